The standard InChI is InChI=1S/C23H19N3O3S/c1-14-12-20(27)26-15(13-30-23(26)25-14)10-11-24-22(28)21-16-6-2-4-8-18(16)29-19-9-5-3-7-17(19)21/h2-9,12-13,21H,10-11H2,1H3,(H,24,28). The predicted molar refractivity (Wildman–Crippen MR) is 116 cm³/mol. The van der Waals surface area contributed by atoms with Gasteiger partial charge in [0, 0.05) is 46.9 Å². The number of nitrogens with one attached hydrogen (secondary N) is 1. The lowest BCUT2D eigenvalue weighted by atomic mass is 9.87. The van der Waals surface area contributed by atoms with Crippen molar-refractivity contribution in [2.75, 3.05) is 6.54 Å². The summed E-state index contributed by atoms with van der Waals surface area (Å²) in [6.45, 7) is 2.23. The van der Waals surface area contributed by atoms with Crippen LogP contribution in [0.4, 0.5) is 0 Å². The molecular formula is C23H19N3O3S. The van der Waals surface area contributed by atoms with Crippen LogP contribution < -0.4 is 15.6 Å². The van der Waals surface area contributed by atoms with E-state index in [0.29, 0.717) is 35.1 Å². The largest absolute Gasteiger partial charge is 0.457 e. The molecule has 30 heavy (non-hydrogen) atoms. The number of hydrogen-bond donors (Lipinski definition) is 1. The molecule has 0 aliphatic carbocycles. The normalized spacial score (nSPS) is 12.8. The SMILES string of the molecule is Cc1cc(=O)n2c(CCNC(=O)C3c4ccccc4Oc4ccccc43)csc2n1. The highest BCUT2D eigenvalue weighted by atomic mass is 32.1. The van der Waals surface area contributed by atoms with Crippen molar-refractivity contribution >= 4 is 22.2 Å². The van der Waals surface area contributed by atoms with E-state index in [2.05, 4.69) is 10.3 Å². The van der Waals surface area contributed by atoms with Gasteiger partial charge < -0.3 is 10.1 Å². The summed E-state index contributed by atoms with van der Waals surface area (Å²) in [6, 6.07) is 16.8. The molecule has 1 N–H and O–H groups in total. The Bertz CT molecular complexity index is 1280. The average molecular weight is 417 g/mol. The Morgan fingerprint density at radius 3 is 2.50 bits per heavy atom. The lowest BCUT2D eigenvalue weighted by molar-refractivity contribution is -0.121. The van der Waals surface area contributed by atoms with Crippen molar-refractivity contribution in [1.29, 1.82) is 0 Å². The van der Waals surface area contributed by atoms with E-state index >= 15 is 0 Å². The van der Waals surface area contributed by atoms with Gasteiger partial charge in [-0.3, -0.25) is 14.0 Å². The number of aryl methyl sites for hydroxylation is 1. The fraction of sp³-hybridized carbons (Fsp3) is 0.174. The first kappa shape index (κ1) is 18.6. The number of thiazole rings is 1. The van der Waals surface area contributed by atoms with Crippen LogP contribution in [0.3, 0.4) is 0 Å². The number of aromatic nitrogens is 2. The summed E-state index contributed by atoms with van der Waals surface area (Å²) < 4.78 is 7.58. The Labute approximate surface area is 176 Å². The summed E-state index contributed by atoms with van der Waals surface area (Å²) in [5.41, 5.74) is 3.17. The molecule has 0 saturated heterocycles. The van der Waals surface area contributed by atoms with Gasteiger partial charge in [0.25, 0.3) is 5.56 Å². The first-order chi connectivity index (χ1) is 14.6. The second-order valence-corrected chi connectivity index (χ2v) is 8.07. The number of nitrogens with zero attached hydrogens (tertiary/aromatic N) is 2. The Kier molecular flexibility index (Phi) is 4.59. The van der Waals surface area contributed by atoms with Crippen LogP contribution in [0, 0.1) is 6.92 Å². The highest BCUT2D eigenvalue weighted by Gasteiger charge is 2.32. The molecule has 2 aromatic heterocycles. The topological polar surface area (TPSA) is 72.7 Å². The van der Waals surface area contributed by atoms with Gasteiger partial charge in [0.15, 0.2) is 4.96 Å². The van der Waals surface area contributed by atoms with E-state index in [0.717, 1.165) is 16.8 Å². The minimum atomic E-state index is -0.433. The maximum Gasteiger partial charge on any atom is 0.258 e. The first-order valence-electron chi connectivity index (χ1n) is 9.72. The highest BCUT2D eigenvalue weighted by molar-refractivity contribution is 7.15. The van der Waals surface area contributed by atoms with Gasteiger partial charge in [-0.15, -0.1) is 11.3 Å². The van der Waals surface area contributed by atoms with Gasteiger partial charge in [0.05, 0.1) is 5.92 Å². The van der Waals surface area contributed by atoms with Gasteiger partial charge in [0.2, 0.25) is 5.91 Å². The Morgan fingerprint density at radius 1 is 1.13 bits per heavy atom. The number of para-hydroxylation sites is 2. The van der Waals surface area contributed by atoms with Crippen molar-refractivity contribution in [1.82, 2.24) is 14.7 Å². The van der Waals surface area contributed by atoms with E-state index in [4.69, 9.17) is 4.74 Å². The summed E-state index contributed by atoms with van der Waals surface area (Å²) in [7, 11) is 0. The Balaban J connectivity index is 1.38. The molecule has 0 saturated carbocycles. The number of carbonyl (C=O) groups is 1. The summed E-state index contributed by atoms with van der Waals surface area (Å²) in [4.78, 5) is 30.6. The number of fused-ring (bicyclic) bond motifs is 3. The molecule has 4 aromatic rings. The van der Waals surface area contributed by atoms with Gasteiger partial charge in [-0.05, 0) is 19.1 Å². The Morgan fingerprint density at radius 2 is 1.80 bits per heavy atom. The van der Waals surface area contributed by atoms with Crippen LogP contribution in [0.2, 0.25) is 0 Å². The van der Waals surface area contributed by atoms with Crippen LogP contribution in [-0.4, -0.2) is 21.8 Å². The van der Waals surface area contributed by atoms with Crippen molar-refractivity contribution in [3.05, 3.63) is 92.8 Å². The van der Waals surface area contributed by atoms with Crippen LogP contribution in [-0.2, 0) is 11.2 Å². The van der Waals surface area contributed by atoms with E-state index in [1.807, 2.05) is 60.8 Å². The van der Waals surface area contributed by atoms with Gasteiger partial charge >= 0.3 is 0 Å². The molecule has 6 nitrogen and oxygen atoms in total. The smallest absolute Gasteiger partial charge is 0.258 e. The van der Waals surface area contributed by atoms with Gasteiger partial charge in [0.1, 0.15) is 11.5 Å². The van der Waals surface area contributed by atoms with E-state index in [9.17, 15) is 9.59 Å². The molecule has 0 radical (unpaired) electrons. The number of hydrogen-bond acceptors (Lipinski definition) is 5. The van der Waals surface area contributed by atoms with Crippen LogP contribution in [0.25, 0.3) is 4.96 Å². The maximum atomic E-state index is 13.2. The summed E-state index contributed by atoms with van der Waals surface area (Å²) in [6.07, 6.45) is 0.545. The molecule has 1 aliphatic heterocycles. The quantitative estimate of drug-likeness (QED) is 0.550. The van der Waals surface area contributed by atoms with Crippen LogP contribution in [0.5, 0.6) is 11.5 Å². The molecule has 1 amide bonds. The van der Waals surface area contributed by atoms with E-state index in [1.165, 1.54) is 17.4 Å². The summed E-state index contributed by atoms with van der Waals surface area (Å²) in [5, 5.41) is 4.97. The number of benzene rings is 2. The minimum Gasteiger partial charge on any atom is -0.457 e. The number of carbonyl (C=O) groups excluding carboxylic acids is 1. The summed E-state index contributed by atoms with van der Waals surface area (Å²) >= 11 is 1.43. The Hall–Kier alpha value is -3.45. The lowest BCUT2D eigenvalue weighted by Crippen LogP contribution is -2.33. The molecule has 0 spiro atoms. The van der Waals surface area contributed by atoms with E-state index in [1.54, 1.807) is 4.40 Å². The molecule has 0 atom stereocenters. The fourth-order valence-corrected chi connectivity index (χ4v) is 4.84. The van der Waals surface area contributed by atoms with Crippen LogP contribution in [0.15, 0.2) is 64.8 Å². The van der Waals surface area contributed by atoms with Gasteiger partial charge in [-0.2, -0.15) is 0 Å². The summed E-state index contributed by atoms with van der Waals surface area (Å²) in [5.74, 6) is 0.887. The fourth-order valence-electron chi connectivity index (χ4n) is 3.87. The van der Waals surface area contributed by atoms with Gasteiger partial charge in [-0.1, -0.05) is 36.4 Å². The molecule has 0 bridgehead atoms. The minimum absolute atomic E-state index is 0.0842. The zero-order chi connectivity index (χ0) is 20.7. The van der Waals surface area contributed by atoms with Crippen molar-refractivity contribution in [2.24, 2.45) is 0 Å². The number of amides is 1. The molecule has 7 heteroatoms. The lowest BCUT2D eigenvalue weighted by Gasteiger charge is -2.27. The molecule has 5 rings (SSSR count). The van der Waals surface area contributed by atoms with Crippen molar-refractivity contribution in [3.63, 3.8) is 0 Å². The van der Waals surface area contributed by atoms with Crippen molar-refractivity contribution < 1.29 is 9.53 Å². The molecular weight excluding hydrogens is 398 g/mol. The number of ether oxygens (including phenoxy) is 1. The average Bonchev–Trinajstić information content (AvgIpc) is 3.14. The third-order valence-corrected chi connectivity index (χ3v) is 6.10. The molecule has 0 unspecified atom stereocenters. The zero-order valence-corrected chi connectivity index (χ0v) is 17.1. The predicted octanol–water partition coefficient (Wildman–Crippen LogP) is 3.66. The monoisotopic (exact) mass is 417 g/mol. The highest BCUT2D eigenvalue weighted by Crippen LogP contribution is 2.43. The second kappa shape index (κ2) is 7.42. The van der Waals surface area contributed by atoms with Gasteiger partial charge in [-0.25, -0.2) is 4.98 Å². The maximum absolute atomic E-state index is 13.2. The molecule has 0 fully saturated rings. The van der Waals surface area contributed by atoms with E-state index in [-0.39, 0.29) is 11.5 Å². The number of rotatable bonds is 4. The molecule has 150 valence electrons. The van der Waals surface area contributed by atoms with E-state index < -0.39 is 5.92 Å². The zero-order valence-electron chi connectivity index (χ0n) is 16.3. The third-order valence-electron chi connectivity index (χ3n) is 5.23. The molecule has 3 heterocycles. The second-order valence-electron chi connectivity index (χ2n) is 7.23. The third kappa shape index (κ3) is 3.17. The van der Waals surface area contributed by atoms with Crippen LogP contribution >= 0.6 is 11.3 Å². The van der Waals surface area contributed by atoms with Crippen molar-refractivity contribution in [3.8, 4) is 11.5 Å². The molecule has 2 aromatic carbocycles. The first-order valence-corrected chi connectivity index (χ1v) is 10.6. The molecule has 1 aliphatic rings. The van der Waals surface area contributed by atoms with Crippen LogP contribution in [0.1, 0.15) is 28.4 Å². The van der Waals surface area contributed by atoms with Crippen molar-refractivity contribution in [2.45, 2.75) is 19.3 Å².